The molecular weight excluding hydrogens is 545 g/mol. The van der Waals surface area contributed by atoms with Crippen LogP contribution in [0.1, 0.15) is 53.2 Å². The maximum Gasteiger partial charge on any atom is 0.416 e. The third-order valence-electron chi connectivity index (χ3n) is 6.41. The van der Waals surface area contributed by atoms with Crippen molar-refractivity contribution in [3.05, 3.63) is 68.7 Å². The predicted octanol–water partition coefficient (Wildman–Crippen LogP) is 7.14. The highest BCUT2D eigenvalue weighted by Gasteiger charge is 2.40. The zero-order valence-electron chi connectivity index (χ0n) is 20.1. The van der Waals surface area contributed by atoms with Crippen molar-refractivity contribution in [3.8, 4) is 0 Å². The number of amides is 2. The van der Waals surface area contributed by atoms with Gasteiger partial charge in [0.25, 0.3) is 5.91 Å². The highest BCUT2D eigenvalue weighted by atomic mass is 35.5. The van der Waals surface area contributed by atoms with Crippen LogP contribution < -0.4 is 0 Å². The Morgan fingerprint density at radius 1 is 0.946 bits per heavy atom. The number of halogens is 8. The lowest BCUT2D eigenvalue weighted by molar-refractivity contribution is -0.143. The quantitative estimate of drug-likeness (QED) is 0.368. The Balaban J connectivity index is 2.02. The van der Waals surface area contributed by atoms with Gasteiger partial charge in [0.1, 0.15) is 0 Å². The van der Waals surface area contributed by atoms with Gasteiger partial charge in [-0.05, 0) is 42.3 Å². The first-order valence-corrected chi connectivity index (χ1v) is 12.1. The van der Waals surface area contributed by atoms with Crippen molar-refractivity contribution < 1.29 is 35.9 Å². The highest BCUT2D eigenvalue weighted by molar-refractivity contribution is 6.42. The van der Waals surface area contributed by atoms with E-state index < -0.39 is 46.9 Å². The van der Waals surface area contributed by atoms with E-state index in [2.05, 4.69) is 0 Å². The van der Waals surface area contributed by atoms with Gasteiger partial charge < -0.3 is 9.80 Å². The number of alkyl halides is 6. The van der Waals surface area contributed by atoms with E-state index in [1.807, 2.05) is 0 Å². The maximum atomic E-state index is 13.3. The van der Waals surface area contributed by atoms with Crippen LogP contribution in [-0.2, 0) is 17.1 Å². The first-order chi connectivity index (χ1) is 17.0. The van der Waals surface area contributed by atoms with Crippen molar-refractivity contribution >= 4 is 35.0 Å². The fourth-order valence-corrected chi connectivity index (χ4v) is 4.78. The van der Waals surface area contributed by atoms with Crippen LogP contribution in [0.4, 0.5) is 26.3 Å². The van der Waals surface area contributed by atoms with Gasteiger partial charge in [-0.3, -0.25) is 9.59 Å². The third kappa shape index (κ3) is 6.52. The number of nitrogens with zero attached hydrogens (tertiary/aromatic N) is 2. The van der Waals surface area contributed by atoms with Crippen LogP contribution in [0.5, 0.6) is 0 Å². The number of hydrogen-bond donors (Lipinski definition) is 0. The topological polar surface area (TPSA) is 40.6 Å². The number of rotatable bonds is 4. The highest BCUT2D eigenvalue weighted by Crippen LogP contribution is 2.38. The lowest BCUT2D eigenvalue weighted by Crippen LogP contribution is -2.52. The Morgan fingerprint density at radius 2 is 1.51 bits per heavy atom. The summed E-state index contributed by atoms with van der Waals surface area (Å²) < 4.78 is 80.0. The monoisotopic (exact) mass is 568 g/mol. The molecule has 2 aromatic carbocycles. The Labute approximate surface area is 220 Å². The molecule has 0 aromatic heterocycles. The molecule has 4 nitrogen and oxygen atoms in total. The average Bonchev–Trinajstić information content (AvgIpc) is 2.82. The van der Waals surface area contributed by atoms with Crippen LogP contribution >= 0.6 is 23.2 Å². The largest absolute Gasteiger partial charge is 0.416 e. The first kappa shape index (κ1) is 29.1. The van der Waals surface area contributed by atoms with Crippen LogP contribution in [0, 0.1) is 5.92 Å². The van der Waals surface area contributed by atoms with Gasteiger partial charge in [0.2, 0.25) is 5.91 Å². The summed E-state index contributed by atoms with van der Waals surface area (Å²) in [6.07, 6.45) is -9.92. The lowest BCUT2D eigenvalue weighted by Gasteiger charge is -2.43. The molecule has 0 saturated carbocycles. The minimum atomic E-state index is -5.08. The van der Waals surface area contributed by atoms with Crippen molar-refractivity contribution in [1.29, 1.82) is 0 Å². The molecule has 1 aliphatic heterocycles. The SMILES string of the molecule is CC(C)C(=O)N1CC[C@@H](N(C)C(=O)c2cc(C(F)(F)F)cc(C(F)(F)F)c2)[C@H](c2ccc(Cl)c(Cl)c2)C1. The molecular formula is C25H24Cl2F6N2O2. The Morgan fingerprint density at radius 3 is 2.00 bits per heavy atom. The molecule has 0 radical (unpaired) electrons. The molecule has 3 rings (SSSR count). The Hall–Kier alpha value is -2.46. The second kappa shape index (κ2) is 10.7. The molecule has 2 atom stereocenters. The molecule has 0 spiro atoms. The summed E-state index contributed by atoms with van der Waals surface area (Å²) in [5.41, 5.74) is -3.26. The van der Waals surface area contributed by atoms with Crippen molar-refractivity contribution in [2.24, 2.45) is 5.92 Å². The number of carbonyl (C=O) groups is 2. The number of hydrogen-bond acceptors (Lipinski definition) is 2. The van der Waals surface area contributed by atoms with Gasteiger partial charge in [0.05, 0.1) is 21.2 Å². The van der Waals surface area contributed by atoms with Gasteiger partial charge in [0.15, 0.2) is 0 Å². The molecule has 1 aliphatic rings. The number of benzene rings is 2. The van der Waals surface area contributed by atoms with Gasteiger partial charge >= 0.3 is 12.4 Å². The summed E-state index contributed by atoms with van der Waals surface area (Å²) in [5, 5.41) is 0.507. The zero-order chi connectivity index (χ0) is 27.9. The number of likely N-dealkylation sites (tertiary alicyclic amines) is 1. The second-order valence-corrected chi connectivity index (χ2v) is 10.1. The first-order valence-electron chi connectivity index (χ1n) is 11.3. The summed E-state index contributed by atoms with van der Waals surface area (Å²) in [7, 11) is 1.32. The summed E-state index contributed by atoms with van der Waals surface area (Å²) in [4.78, 5) is 28.7. The molecule has 0 N–H and O–H groups in total. The number of carbonyl (C=O) groups excluding carboxylic acids is 2. The van der Waals surface area contributed by atoms with E-state index in [1.54, 1.807) is 36.9 Å². The zero-order valence-corrected chi connectivity index (χ0v) is 21.6. The standard InChI is InChI=1S/C25H24Cl2F6N2O2/c1-13(2)22(36)35-7-6-21(18(12-35)14-4-5-19(26)20(27)10-14)34(3)23(37)15-8-16(24(28,29)30)11-17(9-15)25(31,32)33/h4-5,8-11,13,18,21H,6-7,12H2,1-3H3/t18-,21+/m0/s1. The van der Waals surface area contributed by atoms with Crippen molar-refractivity contribution in [3.63, 3.8) is 0 Å². The lowest BCUT2D eigenvalue weighted by atomic mass is 9.84. The summed E-state index contributed by atoms with van der Waals surface area (Å²) in [6, 6.07) is 4.95. The summed E-state index contributed by atoms with van der Waals surface area (Å²) in [5.74, 6) is -1.94. The van der Waals surface area contributed by atoms with Crippen LogP contribution in [-0.4, -0.2) is 47.8 Å². The smallest absolute Gasteiger partial charge is 0.342 e. The van der Waals surface area contributed by atoms with E-state index in [9.17, 15) is 35.9 Å². The number of piperidine rings is 1. The van der Waals surface area contributed by atoms with Gasteiger partial charge in [-0.1, -0.05) is 43.1 Å². The molecule has 2 aromatic rings. The molecule has 0 aliphatic carbocycles. The van der Waals surface area contributed by atoms with Gasteiger partial charge in [0, 0.05) is 43.6 Å². The Bertz CT molecular complexity index is 1150. The molecule has 1 saturated heterocycles. The maximum absolute atomic E-state index is 13.3. The normalized spacial score (nSPS) is 18.8. The Kier molecular flexibility index (Phi) is 8.44. The predicted molar refractivity (Wildman–Crippen MR) is 128 cm³/mol. The van der Waals surface area contributed by atoms with E-state index in [4.69, 9.17) is 23.2 Å². The van der Waals surface area contributed by atoms with Gasteiger partial charge in [-0.25, -0.2) is 0 Å². The molecule has 37 heavy (non-hydrogen) atoms. The molecule has 0 bridgehead atoms. The minimum absolute atomic E-state index is 0.0225. The van der Waals surface area contributed by atoms with Crippen LogP contribution in [0.15, 0.2) is 36.4 Å². The van der Waals surface area contributed by atoms with Crippen LogP contribution in [0.3, 0.4) is 0 Å². The van der Waals surface area contributed by atoms with E-state index in [-0.39, 0.29) is 47.4 Å². The van der Waals surface area contributed by atoms with E-state index in [1.165, 1.54) is 7.05 Å². The second-order valence-electron chi connectivity index (χ2n) is 9.29. The van der Waals surface area contributed by atoms with Crippen molar-refractivity contribution in [1.82, 2.24) is 9.80 Å². The van der Waals surface area contributed by atoms with Crippen molar-refractivity contribution in [2.75, 3.05) is 20.1 Å². The molecule has 202 valence electrons. The molecule has 2 amide bonds. The summed E-state index contributed by atoms with van der Waals surface area (Å²) >= 11 is 12.2. The van der Waals surface area contributed by atoms with E-state index in [0.29, 0.717) is 17.7 Å². The minimum Gasteiger partial charge on any atom is -0.342 e. The fraction of sp³-hybridized carbons (Fsp3) is 0.440. The van der Waals surface area contributed by atoms with Crippen LogP contribution in [0.25, 0.3) is 0 Å². The fourth-order valence-electron chi connectivity index (χ4n) is 4.47. The van der Waals surface area contributed by atoms with Gasteiger partial charge in [-0.15, -0.1) is 0 Å². The molecule has 12 heteroatoms. The van der Waals surface area contributed by atoms with E-state index in [0.717, 1.165) is 4.90 Å². The molecule has 1 fully saturated rings. The number of likely N-dealkylation sites (N-methyl/N-ethyl adjacent to an activating group) is 1. The van der Waals surface area contributed by atoms with Gasteiger partial charge in [-0.2, -0.15) is 26.3 Å². The van der Waals surface area contributed by atoms with Crippen LogP contribution in [0.2, 0.25) is 10.0 Å². The van der Waals surface area contributed by atoms with Crippen molar-refractivity contribution in [2.45, 2.75) is 44.6 Å². The average molecular weight is 569 g/mol. The molecule has 1 heterocycles. The molecule has 0 unspecified atom stereocenters. The third-order valence-corrected chi connectivity index (χ3v) is 7.15. The summed E-state index contributed by atoms with van der Waals surface area (Å²) in [6.45, 7) is 3.91. The van der Waals surface area contributed by atoms with E-state index >= 15 is 0 Å².